The van der Waals surface area contributed by atoms with Crippen LogP contribution in [0.25, 0.3) is 0 Å². The predicted molar refractivity (Wildman–Crippen MR) is 108 cm³/mol. The van der Waals surface area contributed by atoms with E-state index < -0.39 is 11.6 Å². The number of hydrogen-bond acceptors (Lipinski definition) is 3. The predicted octanol–water partition coefficient (Wildman–Crippen LogP) is 2.95. The summed E-state index contributed by atoms with van der Waals surface area (Å²) in [4.78, 5) is 41.6. The third-order valence-electron chi connectivity index (χ3n) is 7.35. The molecule has 29 heavy (non-hydrogen) atoms. The van der Waals surface area contributed by atoms with E-state index >= 15 is 0 Å². The molecular formula is C23H29N3O3. The number of nitrogens with zero attached hydrogens (tertiary/aromatic N) is 2. The second kappa shape index (κ2) is 6.57. The first kappa shape index (κ1) is 18.6. The van der Waals surface area contributed by atoms with Gasteiger partial charge in [-0.15, -0.1) is 0 Å². The molecule has 0 radical (unpaired) electrons. The number of hydrogen-bond donors (Lipinski definition) is 1. The SMILES string of the molecule is Cc1ccccc1C1CC(N(C(=O)CN2C(=O)NC(C)(C3CC3)C2=O)C2CC2)C1. The molecule has 3 aliphatic carbocycles. The van der Waals surface area contributed by atoms with Crippen molar-refractivity contribution in [3.05, 3.63) is 35.4 Å². The van der Waals surface area contributed by atoms with Gasteiger partial charge in [-0.3, -0.25) is 14.5 Å². The summed E-state index contributed by atoms with van der Waals surface area (Å²) >= 11 is 0. The standard InChI is InChI=1S/C23H29N3O3/c1-14-5-3-4-6-19(14)15-11-18(12-15)26(17-9-10-17)20(27)13-25-21(28)23(2,16-7-8-16)24-22(25)29/h3-6,15-18H,7-13H2,1-2H3,(H,24,29). The highest BCUT2D eigenvalue weighted by Gasteiger charge is 2.56. The van der Waals surface area contributed by atoms with Crippen LogP contribution in [0.1, 0.15) is 62.5 Å². The molecule has 0 aromatic heterocycles. The number of benzene rings is 1. The van der Waals surface area contributed by atoms with Crippen LogP contribution in [0.5, 0.6) is 0 Å². The van der Waals surface area contributed by atoms with E-state index in [4.69, 9.17) is 0 Å². The number of aryl methyl sites for hydroxylation is 1. The van der Waals surface area contributed by atoms with Crippen molar-refractivity contribution in [3.63, 3.8) is 0 Å². The van der Waals surface area contributed by atoms with Crippen molar-refractivity contribution in [2.24, 2.45) is 5.92 Å². The Morgan fingerprint density at radius 1 is 1.14 bits per heavy atom. The van der Waals surface area contributed by atoms with Gasteiger partial charge in [0.1, 0.15) is 12.1 Å². The zero-order valence-electron chi connectivity index (χ0n) is 17.2. The number of urea groups is 1. The topological polar surface area (TPSA) is 69.7 Å². The number of imide groups is 1. The van der Waals surface area contributed by atoms with E-state index in [1.165, 1.54) is 11.1 Å². The Balaban J connectivity index is 1.25. The van der Waals surface area contributed by atoms with E-state index in [2.05, 4.69) is 36.5 Å². The third kappa shape index (κ3) is 3.13. The van der Waals surface area contributed by atoms with Crippen LogP contribution < -0.4 is 5.32 Å². The van der Waals surface area contributed by atoms with E-state index in [0.29, 0.717) is 5.92 Å². The Hall–Kier alpha value is -2.37. The molecule has 4 amide bonds. The second-order valence-electron chi connectivity index (χ2n) is 9.51. The fraction of sp³-hybridized carbons (Fsp3) is 0.609. The minimum absolute atomic E-state index is 0.0794. The van der Waals surface area contributed by atoms with Gasteiger partial charge in [-0.05, 0) is 75.3 Å². The Morgan fingerprint density at radius 2 is 1.83 bits per heavy atom. The van der Waals surface area contributed by atoms with Gasteiger partial charge >= 0.3 is 6.03 Å². The van der Waals surface area contributed by atoms with Crippen molar-refractivity contribution in [3.8, 4) is 0 Å². The lowest BCUT2D eigenvalue weighted by Crippen LogP contribution is -2.52. The number of carbonyl (C=O) groups excluding carboxylic acids is 3. The average Bonchev–Trinajstić information content (AvgIpc) is 3.54. The molecule has 0 spiro atoms. The van der Waals surface area contributed by atoms with Crippen LogP contribution in [-0.2, 0) is 9.59 Å². The van der Waals surface area contributed by atoms with Crippen LogP contribution in [0.15, 0.2) is 24.3 Å². The Kier molecular flexibility index (Phi) is 4.23. The van der Waals surface area contributed by atoms with Crippen LogP contribution >= 0.6 is 0 Å². The molecule has 1 N–H and O–H groups in total. The number of amides is 4. The van der Waals surface area contributed by atoms with Crippen molar-refractivity contribution >= 4 is 17.8 Å². The second-order valence-corrected chi connectivity index (χ2v) is 9.51. The van der Waals surface area contributed by atoms with Crippen LogP contribution in [-0.4, -0.2) is 51.8 Å². The summed E-state index contributed by atoms with van der Waals surface area (Å²) in [6.45, 7) is 3.81. The molecule has 4 aliphatic rings. The molecular weight excluding hydrogens is 366 g/mol. The van der Waals surface area contributed by atoms with E-state index in [1.807, 2.05) is 4.90 Å². The average molecular weight is 396 g/mol. The van der Waals surface area contributed by atoms with Gasteiger partial charge in [0, 0.05) is 12.1 Å². The van der Waals surface area contributed by atoms with Crippen molar-refractivity contribution in [2.45, 2.75) is 75.9 Å². The summed E-state index contributed by atoms with van der Waals surface area (Å²) in [5.74, 6) is 0.384. The van der Waals surface area contributed by atoms with Gasteiger partial charge in [0.2, 0.25) is 5.91 Å². The molecule has 1 heterocycles. The summed E-state index contributed by atoms with van der Waals surface area (Å²) in [5.41, 5.74) is 1.86. The normalized spacial score (nSPS) is 31.4. The minimum atomic E-state index is -0.825. The van der Waals surface area contributed by atoms with Crippen molar-refractivity contribution < 1.29 is 14.4 Å². The molecule has 0 bridgehead atoms. The molecule has 1 atom stereocenters. The maximum absolute atomic E-state index is 13.2. The lowest BCUT2D eigenvalue weighted by molar-refractivity contribution is -0.142. The van der Waals surface area contributed by atoms with Crippen molar-refractivity contribution in [1.82, 2.24) is 15.1 Å². The lowest BCUT2D eigenvalue weighted by Gasteiger charge is -2.44. The van der Waals surface area contributed by atoms with E-state index in [1.54, 1.807) is 6.92 Å². The largest absolute Gasteiger partial charge is 0.335 e. The number of carbonyl (C=O) groups is 3. The maximum Gasteiger partial charge on any atom is 0.325 e. The fourth-order valence-corrected chi connectivity index (χ4v) is 5.19. The van der Waals surface area contributed by atoms with E-state index in [-0.39, 0.29) is 36.4 Å². The molecule has 154 valence electrons. The van der Waals surface area contributed by atoms with Crippen LogP contribution in [0.4, 0.5) is 4.79 Å². The minimum Gasteiger partial charge on any atom is -0.335 e. The van der Waals surface area contributed by atoms with Gasteiger partial charge in [-0.25, -0.2) is 4.79 Å². The van der Waals surface area contributed by atoms with Crippen molar-refractivity contribution in [2.75, 3.05) is 6.54 Å². The van der Waals surface area contributed by atoms with Gasteiger partial charge in [0.25, 0.3) is 5.91 Å². The summed E-state index contributed by atoms with van der Waals surface area (Å²) in [5, 5.41) is 2.84. The Labute approximate surface area is 171 Å². The highest BCUT2D eigenvalue weighted by molar-refractivity contribution is 6.09. The quantitative estimate of drug-likeness (QED) is 0.753. The van der Waals surface area contributed by atoms with Gasteiger partial charge in [0.15, 0.2) is 0 Å². The molecule has 6 nitrogen and oxygen atoms in total. The van der Waals surface area contributed by atoms with Crippen LogP contribution in [0.2, 0.25) is 0 Å². The highest BCUT2D eigenvalue weighted by Crippen LogP contribution is 2.45. The van der Waals surface area contributed by atoms with Gasteiger partial charge in [-0.1, -0.05) is 24.3 Å². The summed E-state index contributed by atoms with van der Waals surface area (Å²) in [7, 11) is 0. The van der Waals surface area contributed by atoms with Gasteiger partial charge in [-0.2, -0.15) is 0 Å². The van der Waals surface area contributed by atoms with Crippen LogP contribution in [0, 0.1) is 12.8 Å². The molecule has 6 heteroatoms. The molecule has 1 aliphatic heterocycles. The lowest BCUT2D eigenvalue weighted by atomic mass is 9.73. The third-order valence-corrected chi connectivity index (χ3v) is 7.35. The fourth-order valence-electron chi connectivity index (χ4n) is 5.19. The summed E-state index contributed by atoms with van der Waals surface area (Å²) in [6.07, 6.45) is 5.90. The Morgan fingerprint density at radius 3 is 2.45 bits per heavy atom. The van der Waals surface area contributed by atoms with E-state index in [9.17, 15) is 14.4 Å². The molecule has 1 aromatic rings. The zero-order chi connectivity index (χ0) is 20.3. The van der Waals surface area contributed by atoms with E-state index in [0.717, 1.165) is 43.4 Å². The molecule has 4 fully saturated rings. The molecule has 5 rings (SSSR count). The first-order valence-electron chi connectivity index (χ1n) is 10.9. The smallest absolute Gasteiger partial charge is 0.325 e. The number of nitrogens with one attached hydrogen (secondary N) is 1. The molecule has 1 aromatic carbocycles. The maximum atomic E-state index is 13.2. The summed E-state index contributed by atoms with van der Waals surface area (Å²) < 4.78 is 0. The first-order valence-corrected chi connectivity index (χ1v) is 10.9. The van der Waals surface area contributed by atoms with Gasteiger partial charge in [0.05, 0.1) is 0 Å². The first-order chi connectivity index (χ1) is 13.9. The molecule has 1 saturated heterocycles. The molecule has 1 unspecified atom stereocenters. The highest BCUT2D eigenvalue weighted by atomic mass is 16.2. The van der Waals surface area contributed by atoms with Crippen molar-refractivity contribution in [1.29, 1.82) is 0 Å². The monoisotopic (exact) mass is 395 g/mol. The Bertz CT molecular complexity index is 870. The van der Waals surface area contributed by atoms with Crippen LogP contribution in [0.3, 0.4) is 0 Å². The van der Waals surface area contributed by atoms with Gasteiger partial charge < -0.3 is 10.2 Å². The number of rotatable bonds is 6. The zero-order valence-corrected chi connectivity index (χ0v) is 17.2. The summed E-state index contributed by atoms with van der Waals surface area (Å²) in [6, 6.07) is 8.54. The molecule has 3 saturated carbocycles.